The maximum atomic E-state index is 12.5. The number of amides is 1. The summed E-state index contributed by atoms with van der Waals surface area (Å²) in [6.07, 6.45) is 5.51. The van der Waals surface area contributed by atoms with Crippen LogP contribution in [0.3, 0.4) is 0 Å². The summed E-state index contributed by atoms with van der Waals surface area (Å²) in [5.74, 6) is 0.198. The second-order valence-electron chi connectivity index (χ2n) is 6.46. The average Bonchev–Trinajstić information content (AvgIpc) is 3.17. The summed E-state index contributed by atoms with van der Waals surface area (Å²) in [5.41, 5.74) is -0.708. The summed E-state index contributed by atoms with van der Waals surface area (Å²) in [5, 5.41) is 10.3. The predicted molar refractivity (Wildman–Crippen MR) is 73.4 cm³/mol. The highest BCUT2D eigenvalue weighted by Gasteiger charge is 2.54. The molecular formula is C13H22N2O4S. The Morgan fingerprint density at radius 3 is 2.40 bits per heavy atom. The fourth-order valence-corrected chi connectivity index (χ4v) is 4.53. The number of aliphatic hydroxyl groups is 1. The van der Waals surface area contributed by atoms with Gasteiger partial charge in [0.05, 0.1) is 19.3 Å². The molecule has 0 aromatic rings. The zero-order valence-electron chi connectivity index (χ0n) is 11.8. The standard InChI is InChI=1S/C13H22N2O4S/c1-20(18,19)15-7-3-2-4-11(15)12(16)14-8-13(17,9-14)10-5-6-10/h10-11,17H,2-9H2,1H3. The largest absolute Gasteiger partial charge is 0.386 e. The first-order valence-electron chi connectivity index (χ1n) is 7.29. The van der Waals surface area contributed by atoms with Gasteiger partial charge in [-0.1, -0.05) is 6.42 Å². The summed E-state index contributed by atoms with van der Waals surface area (Å²) in [7, 11) is -3.35. The van der Waals surface area contributed by atoms with E-state index in [1.165, 1.54) is 4.31 Å². The molecule has 0 spiro atoms. The lowest BCUT2D eigenvalue weighted by Gasteiger charge is -2.49. The molecule has 3 rings (SSSR count). The zero-order chi connectivity index (χ0) is 14.5. The first-order valence-corrected chi connectivity index (χ1v) is 9.14. The highest BCUT2D eigenvalue weighted by atomic mass is 32.2. The summed E-state index contributed by atoms with van der Waals surface area (Å²) >= 11 is 0. The molecule has 3 fully saturated rings. The maximum absolute atomic E-state index is 12.5. The molecule has 1 N–H and O–H groups in total. The van der Waals surface area contributed by atoms with Gasteiger partial charge >= 0.3 is 0 Å². The molecule has 3 aliphatic rings. The molecule has 1 amide bonds. The van der Waals surface area contributed by atoms with Crippen LogP contribution in [-0.4, -0.2) is 66.2 Å². The molecule has 20 heavy (non-hydrogen) atoms. The van der Waals surface area contributed by atoms with Crippen LogP contribution in [0.15, 0.2) is 0 Å². The normalized spacial score (nSPS) is 30.9. The molecule has 1 atom stereocenters. The minimum atomic E-state index is -3.35. The lowest BCUT2D eigenvalue weighted by Crippen LogP contribution is -2.68. The highest BCUT2D eigenvalue weighted by molar-refractivity contribution is 7.88. The van der Waals surface area contributed by atoms with Gasteiger partial charge in [-0.3, -0.25) is 4.79 Å². The van der Waals surface area contributed by atoms with Crippen molar-refractivity contribution in [2.45, 2.75) is 43.7 Å². The monoisotopic (exact) mass is 302 g/mol. The Morgan fingerprint density at radius 2 is 1.85 bits per heavy atom. The first kappa shape index (κ1) is 14.3. The van der Waals surface area contributed by atoms with Crippen molar-refractivity contribution in [2.75, 3.05) is 25.9 Å². The van der Waals surface area contributed by atoms with E-state index in [9.17, 15) is 18.3 Å². The van der Waals surface area contributed by atoms with Crippen molar-refractivity contribution in [1.29, 1.82) is 0 Å². The predicted octanol–water partition coefficient (Wildman–Crippen LogP) is -0.216. The number of β-amino-alcohol motifs (C(OH)–C–C–N with tert-alkyl or cyclic N) is 1. The summed E-state index contributed by atoms with van der Waals surface area (Å²) in [4.78, 5) is 14.1. The van der Waals surface area contributed by atoms with E-state index in [2.05, 4.69) is 0 Å². The van der Waals surface area contributed by atoms with Crippen molar-refractivity contribution in [3.05, 3.63) is 0 Å². The first-order chi connectivity index (χ1) is 9.31. The van der Waals surface area contributed by atoms with Crippen LogP contribution in [0.5, 0.6) is 0 Å². The number of carbonyl (C=O) groups excluding carboxylic acids is 1. The fraction of sp³-hybridized carbons (Fsp3) is 0.923. The molecule has 2 saturated heterocycles. The average molecular weight is 302 g/mol. The third-order valence-corrected chi connectivity index (χ3v) is 6.03. The van der Waals surface area contributed by atoms with Gasteiger partial charge in [-0.25, -0.2) is 8.42 Å². The van der Waals surface area contributed by atoms with Crippen LogP contribution in [0.2, 0.25) is 0 Å². The molecule has 1 aliphatic carbocycles. The number of sulfonamides is 1. The van der Waals surface area contributed by atoms with Crippen molar-refractivity contribution in [2.24, 2.45) is 5.92 Å². The summed E-state index contributed by atoms with van der Waals surface area (Å²) < 4.78 is 24.9. The van der Waals surface area contributed by atoms with Gasteiger partial charge in [0, 0.05) is 6.54 Å². The number of likely N-dealkylation sites (tertiary alicyclic amines) is 1. The van der Waals surface area contributed by atoms with E-state index in [1.807, 2.05) is 0 Å². The van der Waals surface area contributed by atoms with E-state index < -0.39 is 21.7 Å². The fourth-order valence-electron chi connectivity index (χ4n) is 3.41. The van der Waals surface area contributed by atoms with Crippen molar-refractivity contribution < 1.29 is 18.3 Å². The van der Waals surface area contributed by atoms with Crippen LogP contribution >= 0.6 is 0 Å². The van der Waals surface area contributed by atoms with E-state index in [1.54, 1.807) is 4.90 Å². The van der Waals surface area contributed by atoms with Crippen LogP contribution in [0.1, 0.15) is 32.1 Å². The molecule has 7 heteroatoms. The number of hydrogen-bond acceptors (Lipinski definition) is 4. The smallest absolute Gasteiger partial charge is 0.241 e. The van der Waals surface area contributed by atoms with Crippen molar-refractivity contribution in [3.8, 4) is 0 Å². The van der Waals surface area contributed by atoms with E-state index >= 15 is 0 Å². The maximum Gasteiger partial charge on any atom is 0.241 e. The Bertz CT molecular complexity index is 508. The molecule has 0 radical (unpaired) electrons. The zero-order valence-corrected chi connectivity index (χ0v) is 12.6. The van der Waals surface area contributed by atoms with E-state index in [-0.39, 0.29) is 5.91 Å². The Hall–Kier alpha value is -0.660. The van der Waals surface area contributed by atoms with Crippen LogP contribution in [-0.2, 0) is 14.8 Å². The Balaban J connectivity index is 1.67. The number of piperidine rings is 1. The van der Waals surface area contributed by atoms with Crippen LogP contribution in [0.4, 0.5) is 0 Å². The van der Waals surface area contributed by atoms with Gasteiger partial charge in [-0.05, 0) is 31.6 Å². The van der Waals surface area contributed by atoms with Gasteiger partial charge in [0.2, 0.25) is 15.9 Å². The summed E-state index contributed by atoms with van der Waals surface area (Å²) in [6.45, 7) is 1.16. The van der Waals surface area contributed by atoms with Crippen LogP contribution in [0.25, 0.3) is 0 Å². The molecule has 6 nitrogen and oxygen atoms in total. The van der Waals surface area contributed by atoms with E-state index in [0.717, 1.165) is 31.9 Å². The van der Waals surface area contributed by atoms with Gasteiger partial charge in [-0.15, -0.1) is 0 Å². The second kappa shape index (κ2) is 4.68. The van der Waals surface area contributed by atoms with Gasteiger partial charge < -0.3 is 10.0 Å². The van der Waals surface area contributed by atoms with Gasteiger partial charge in [0.1, 0.15) is 11.6 Å². The Kier molecular flexibility index (Phi) is 3.34. The topological polar surface area (TPSA) is 77.9 Å². The number of rotatable bonds is 3. The van der Waals surface area contributed by atoms with Crippen molar-refractivity contribution in [3.63, 3.8) is 0 Å². The van der Waals surface area contributed by atoms with Crippen molar-refractivity contribution >= 4 is 15.9 Å². The molecule has 114 valence electrons. The molecule has 0 aromatic carbocycles. The molecule has 1 unspecified atom stereocenters. The highest BCUT2D eigenvalue weighted by Crippen LogP contribution is 2.44. The second-order valence-corrected chi connectivity index (χ2v) is 8.39. The Labute approximate surface area is 119 Å². The van der Waals surface area contributed by atoms with E-state index in [0.29, 0.717) is 32.0 Å². The molecule has 1 saturated carbocycles. The van der Waals surface area contributed by atoms with Gasteiger partial charge in [0.25, 0.3) is 0 Å². The number of carbonyl (C=O) groups is 1. The minimum Gasteiger partial charge on any atom is -0.386 e. The molecule has 0 bridgehead atoms. The van der Waals surface area contributed by atoms with Crippen molar-refractivity contribution in [1.82, 2.24) is 9.21 Å². The third-order valence-electron chi connectivity index (χ3n) is 4.74. The quantitative estimate of drug-likeness (QED) is 0.782. The molecule has 2 aliphatic heterocycles. The van der Waals surface area contributed by atoms with Gasteiger partial charge in [-0.2, -0.15) is 4.31 Å². The molecule has 0 aromatic heterocycles. The molecular weight excluding hydrogens is 280 g/mol. The molecule has 2 heterocycles. The number of hydrogen-bond donors (Lipinski definition) is 1. The van der Waals surface area contributed by atoms with Crippen LogP contribution < -0.4 is 0 Å². The van der Waals surface area contributed by atoms with Gasteiger partial charge in [0.15, 0.2) is 0 Å². The lowest BCUT2D eigenvalue weighted by atomic mass is 9.87. The number of nitrogens with zero attached hydrogens (tertiary/aromatic N) is 2. The third kappa shape index (κ3) is 2.46. The van der Waals surface area contributed by atoms with Crippen LogP contribution in [0, 0.1) is 5.92 Å². The SMILES string of the molecule is CS(=O)(=O)N1CCCCC1C(=O)N1CC(O)(C2CC2)C1. The minimum absolute atomic E-state index is 0.138. The van der Waals surface area contributed by atoms with E-state index in [4.69, 9.17) is 0 Å². The Morgan fingerprint density at radius 1 is 1.20 bits per heavy atom. The lowest BCUT2D eigenvalue weighted by molar-refractivity contribution is -0.163. The summed E-state index contributed by atoms with van der Waals surface area (Å²) in [6, 6.07) is -0.567.